The molecule has 0 saturated heterocycles. The molecular formula is C19H14FN3O. The van der Waals surface area contributed by atoms with Gasteiger partial charge in [-0.05, 0) is 59.7 Å². The van der Waals surface area contributed by atoms with Crippen LogP contribution in [0.15, 0.2) is 65.5 Å². The fraction of sp³-hybridized carbons (Fsp3) is 0.0526. The molecule has 3 rings (SSSR count). The van der Waals surface area contributed by atoms with E-state index < -0.39 is 0 Å². The van der Waals surface area contributed by atoms with Crippen molar-refractivity contribution >= 4 is 5.69 Å². The maximum Gasteiger partial charge on any atom is 0.269 e. The molecule has 0 amide bonds. The minimum Gasteiger partial charge on any atom is -0.399 e. The van der Waals surface area contributed by atoms with Crippen LogP contribution in [0.5, 0.6) is 0 Å². The van der Waals surface area contributed by atoms with E-state index in [1.807, 2.05) is 18.2 Å². The zero-order chi connectivity index (χ0) is 17.1. The zero-order valence-corrected chi connectivity index (χ0v) is 12.7. The summed E-state index contributed by atoms with van der Waals surface area (Å²) in [6, 6.07) is 18.2. The Morgan fingerprint density at radius 2 is 1.67 bits per heavy atom. The molecule has 24 heavy (non-hydrogen) atoms. The maximum atomic E-state index is 13.2. The van der Waals surface area contributed by atoms with Crippen molar-refractivity contribution in [1.82, 2.24) is 4.57 Å². The number of aromatic nitrogens is 1. The molecule has 0 unspecified atom stereocenters. The van der Waals surface area contributed by atoms with Gasteiger partial charge in [0.1, 0.15) is 17.4 Å². The quantitative estimate of drug-likeness (QED) is 0.754. The number of nitriles is 1. The molecule has 2 N–H and O–H groups in total. The molecular weight excluding hydrogens is 305 g/mol. The van der Waals surface area contributed by atoms with Crippen LogP contribution in [0.25, 0.3) is 11.3 Å². The van der Waals surface area contributed by atoms with E-state index in [-0.39, 0.29) is 16.9 Å². The summed E-state index contributed by atoms with van der Waals surface area (Å²) in [5, 5.41) is 9.11. The van der Waals surface area contributed by atoms with Crippen molar-refractivity contribution in [2.45, 2.75) is 6.54 Å². The molecule has 0 aliphatic carbocycles. The number of anilines is 1. The van der Waals surface area contributed by atoms with Crippen molar-refractivity contribution in [2.75, 3.05) is 5.73 Å². The third-order valence-corrected chi connectivity index (χ3v) is 3.76. The summed E-state index contributed by atoms with van der Waals surface area (Å²) in [4.78, 5) is 12.6. The summed E-state index contributed by atoms with van der Waals surface area (Å²) in [6.45, 7) is 0.293. The summed E-state index contributed by atoms with van der Waals surface area (Å²) in [5.41, 5.74) is 8.21. The van der Waals surface area contributed by atoms with Gasteiger partial charge < -0.3 is 10.3 Å². The molecule has 0 atom stereocenters. The number of pyridine rings is 1. The van der Waals surface area contributed by atoms with Crippen LogP contribution < -0.4 is 11.3 Å². The number of nitrogens with zero attached hydrogens (tertiary/aromatic N) is 2. The molecule has 0 aliphatic heterocycles. The normalized spacial score (nSPS) is 10.3. The second kappa shape index (κ2) is 6.39. The van der Waals surface area contributed by atoms with Gasteiger partial charge in [-0.2, -0.15) is 5.26 Å². The van der Waals surface area contributed by atoms with Crippen molar-refractivity contribution in [3.63, 3.8) is 0 Å². The van der Waals surface area contributed by atoms with Gasteiger partial charge in [-0.15, -0.1) is 0 Å². The van der Waals surface area contributed by atoms with E-state index in [1.165, 1.54) is 22.8 Å². The average molecular weight is 319 g/mol. The highest BCUT2D eigenvalue weighted by Gasteiger charge is 2.11. The minimum absolute atomic E-state index is 0.0660. The Bertz CT molecular complexity index is 967. The van der Waals surface area contributed by atoms with Crippen molar-refractivity contribution in [1.29, 1.82) is 5.26 Å². The molecule has 0 aliphatic rings. The molecule has 5 heteroatoms. The lowest BCUT2D eigenvalue weighted by Gasteiger charge is -2.14. The SMILES string of the molecule is N#Cc1ccc(-c2ccc(F)cc2)n(Cc2ccc(N)cc2)c1=O. The first-order valence-corrected chi connectivity index (χ1v) is 7.33. The maximum absolute atomic E-state index is 13.2. The first kappa shape index (κ1) is 15.5. The third kappa shape index (κ3) is 3.03. The molecule has 0 radical (unpaired) electrons. The van der Waals surface area contributed by atoms with Crippen LogP contribution in [0.1, 0.15) is 11.1 Å². The molecule has 2 aromatic carbocycles. The number of nitrogen functional groups attached to an aromatic ring is 1. The lowest BCUT2D eigenvalue weighted by molar-refractivity contribution is 0.628. The zero-order valence-electron chi connectivity index (χ0n) is 12.7. The Labute approximate surface area is 138 Å². The third-order valence-electron chi connectivity index (χ3n) is 3.76. The monoisotopic (exact) mass is 319 g/mol. The van der Waals surface area contributed by atoms with E-state index in [4.69, 9.17) is 11.0 Å². The lowest BCUT2D eigenvalue weighted by atomic mass is 10.1. The van der Waals surface area contributed by atoms with Gasteiger partial charge in [-0.3, -0.25) is 4.79 Å². The van der Waals surface area contributed by atoms with Crippen molar-refractivity contribution in [3.05, 3.63) is 88.0 Å². The molecule has 0 fully saturated rings. The fourth-order valence-electron chi connectivity index (χ4n) is 2.50. The molecule has 0 bridgehead atoms. The van der Waals surface area contributed by atoms with Crippen LogP contribution in [-0.2, 0) is 6.54 Å². The Morgan fingerprint density at radius 3 is 2.29 bits per heavy atom. The van der Waals surface area contributed by atoms with E-state index in [2.05, 4.69) is 0 Å². The molecule has 1 heterocycles. The number of hydrogen-bond donors (Lipinski definition) is 1. The van der Waals surface area contributed by atoms with Gasteiger partial charge in [-0.25, -0.2) is 4.39 Å². The summed E-state index contributed by atoms with van der Waals surface area (Å²) >= 11 is 0. The topological polar surface area (TPSA) is 71.8 Å². The van der Waals surface area contributed by atoms with Crippen molar-refractivity contribution in [3.8, 4) is 17.3 Å². The van der Waals surface area contributed by atoms with Crippen LogP contribution in [0.4, 0.5) is 10.1 Å². The molecule has 4 nitrogen and oxygen atoms in total. The summed E-state index contributed by atoms with van der Waals surface area (Å²) in [6.07, 6.45) is 0. The van der Waals surface area contributed by atoms with E-state index in [0.717, 1.165) is 5.56 Å². The van der Waals surface area contributed by atoms with Crippen LogP contribution in [0.2, 0.25) is 0 Å². The highest BCUT2D eigenvalue weighted by atomic mass is 19.1. The van der Waals surface area contributed by atoms with Crippen LogP contribution >= 0.6 is 0 Å². The Hall–Kier alpha value is -3.39. The molecule has 3 aromatic rings. The largest absolute Gasteiger partial charge is 0.399 e. The average Bonchev–Trinajstić information content (AvgIpc) is 2.59. The highest BCUT2D eigenvalue weighted by Crippen LogP contribution is 2.20. The van der Waals surface area contributed by atoms with Crippen LogP contribution in [0.3, 0.4) is 0 Å². The second-order valence-electron chi connectivity index (χ2n) is 5.38. The van der Waals surface area contributed by atoms with Gasteiger partial charge in [-0.1, -0.05) is 12.1 Å². The molecule has 118 valence electrons. The van der Waals surface area contributed by atoms with Crippen molar-refractivity contribution < 1.29 is 4.39 Å². The first-order valence-electron chi connectivity index (χ1n) is 7.33. The predicted octanol–water partition coefficient (Wildman–Crippen LogP) is 3.16. The Kier molecular flexibility index (Phi) is 4.13. The number of benzene rings is 2. The lowest BCUT2D eigenvalue weighted by Crippen LogP contribution is -2.24. The number of rotatable bonds is 3. The van der Waals surface area contributed by atoms with Crippen LogP contribution in [0, 0.1) is 17.1 Å². The van der Waals surface area contributed by atoms with Gasteiger partial charge in [0.15, 0.2) is 0 Å². The van der Waals surface area contributed by atoms with Crippen LogP contribution in [-0.4, -0.2) is 4.57 Å². The fourth-order valence-corrected chi connectivity index (χ4v) is 2.50. The summed E-state index contributed by atoms with van der Waals surface area (Å²) in [7, 11) is 0. The summed E-state index contributed by atoms with van der Waals surface area (Å²) in [5.74, 6) is -0.347. The van der Waals surface area contributed by atoms with Gasteiger partial charge >= 0.3 is 0 Å². The van der Waals surface area contributed by atoms with E-state index >= 15 is 0 Å². The first-order chi connectivity index (χ1) is 11.6. The molecule has 0 saturated carbocycles. The standard InChI is InChI=1S/C19H14FN3O/c20-16-6-3-14(4-7-16)18-10-5-15(11-21)19(24)23(18)12-13-1-8-17(22)9-2-13/h1-10H,12,22H2. The predicted molar refractivity (Wildman–Crippen MR) is 90.8 cm³/mol. The van der Waals surface area contributed by atoms with E-state index in [0.29, 0.717) is 23.5 Å². The number of halogens is 1. The Morgan fingerprint density at radius 1 is 1.00 bits per heavy atom. The van der Waals surface area contributed by atoms with Gasteiger partial charge in [0.25, 0.3) is 5.56 Å². The smallest absolute Gasteiger partial charge is 0.269 e. The van der Waals surface area contributed by atoms with E-state index in [9.17, 15) is 9.18 Å². The number of nitrogens with two attached hydrogens (primary N) is 1. The molecule has 0 spiro atoms. The van der Waals surface area contributed by atoms with Gasteiger partial charge in [0, 0.05) is 5.69 Å². The van der Waals surface area contributed by atoms with Crippen molar-refractivity contribution in [2.24, 2.45) is 0 Å². The summed E-state index contributed by atoms with van der Waals surface area (Å²) < 4.78 is 14.7. The Balaban J connectivity index is 2.14. The minimum atomic E-state index is -0.379. The molecule has 1 aromatic heterocycles. The van der Waals surface area contributed by atoms with Gasteiger partial charge in [0.05, 0.1) is 12.2 Å². The number of hydrogen-bond acceptors (Lipinski definition) is 3. The van der Waals surface area contributed by atoms with Gasteiger partial charge in [0.2, 0.25) is 0 Å². The van der Waals surface area contributed by atoms with E-state index in [1.54, 1.807) is 30.3 Å². The second-order valence-corrected chi connectivity index (χ2v) is 5.38. The highest BCUT2D eigenvalue weighted by molar-refractivity contribution is 5.60.